The molecule has 0 fully saturated rings. The highest BCUT2D eigenvalue weighted by Gasteiger charge is 2.51. The minimum absolute atomic E-state index is 0.418. The molecule has 0 saturated heterocycles. The van der Waals surface area contributed by atoms with Crippen molar-refractivity contribution in [1.82, 2.24) is 4.57 Å². The Balaban J connectivity index is 0.899. The van der Waals surface area contributed by atoms with E-state index in [1.807, 2.05) is 12.2 Å². The van der Waals surface area contributed by atoms with E-state index in [1.54, 1.807) is 0 Å². The van der Waals surface area contributed by atoms with Crippen molar-refractivity contribution in [2.45, 2.75) is 12.3 Å². The van der Waals surface area contributed by atoms with Crippen molar-refractivity contribution in [1.29, 1.82) is 0 Å². The SMILES string of the molecule is C=C/C=C\C(=C/C)N(c1ccc(-c2c3ccccc3c(-c3ccccc3)c3ccccc23)cc1)c1ccc2c(c1)c1cc(-c3ccc4c(c3)C3(c5ccccc5-c5ccccc53)c3ccccc3-4)ccc1n2-c1ccccc1. The zero-order valence-corrected chi connectivity index (χ0v) is 43.2. The number of hydrogen-bond acceptors (Lipinski definition) is 1. The van der Waals surface area contributed by atoms with Gasteiger partial charge in [0.25, 0.3) is 0 Å². The van der Waals surface area contributed by atoms with Gasteiger partial charge in [-0.05, 0) is 173 Å². The maximum Gasteiger partial charge on any atom is 0.0725 e. The van der Waals surface area contributed by atoms with E-state index in [9.17, 15) is 0 Å². The molecule has 0 saturated carbocycles. The molecule has 0 amide bonds. The highest BCUT2D eigenvalue weighted by molar-refractivity contribution is 6.21. The van der Waals surface area contributed by atoms with Crippen LogP contribution < -0.4 is 4.90 Å². The van der Waals surface area contributed by atoms with E-state index in [0.717, 1.165) is 33.8 Å². The summed E-state index contributed by atoms with van der Waals surface area (Å²) in [5.41, 5.74) is 24.1. The van der Waals surface area contributed by atoms with Crippen molar-refractivity contribution in [3.05, 3.63) is 320 Å². The monoisotopic (exact) mass is 992 g/mol. The number of fused-ring (bicyclic) bond motifs is 15. The lowest BCUT2D eigenvalue weighted by Gasteiger charge is -2.30. The third-order valence-electron chi connectivity index (χ3n) is 16.7. The number of nitrogens with zero attached hydrogens (tertiary/aromatic N) is 2. The quantitative estimate of drug-likeness (QED) is 0.103. The van der Waals surface area contributed by atoms with Crippen LogP contribution in [0.25, 0.3) is 105 Å². The second kappa shape index (κ2) is 18.1. The van der Waals surface area contributed by atoms with E-state index in [4.69, 9.17) is 0 Å². The number of aromatic nitrogens is 1. The van der Waals surface area contributed by atoms with Crippen molar-refractivity contribution in [2.75, 3.05) is 4.90 Å². The van der Waals surface area contributed by atoms with Gasteiger partial charge >= 0.3 is 0 Å². The summed E-state index contributed by atoms with van der Waals surface area (Å²) >= 11 is 0. The van der Waals surface area contributed by atoms with Gasteiger partial charge in [-0.2, -0.15) is 0 Å². The van der Waals surface area contributed by atoms with Crippen molar-refractivity contribution >= 4 is 54.7 Å². The molecule has 0 N–H and O–H groups in total. The Morgan fingerprint density at radius 1 is 0.385 bits per heavy atom. The molecular weight excluding hydrogens is 941 g/mol. The smallest absolute Gasteiger partial charge is 0.0725 e. The molecule has 0 bridgehead atoms. The fourth-order valence-corrected chi connectivity index (χ4v) is 13.5. The molecule has 2 nitrogen and oxygen atoms in total. The zero-order valence-electron chi connectivity index (χ0n) is 43.2. The third kappa shape index (κ3) is 6.70. The Morgan fingerprint density at radius 3 is 1.38 bits per heavy atom. The highest BCUT2D eigenvalue weighted by Crippen LogP contribution is 2.63. The first-order valence-electron chi connectivity index (χ1n) is 27.1. The predicted octanol–water partition coefficient (Wildman–Crippen LogP) is 20.2. The number of anilines is 2. The standard InChI is InChI=1S/C76H52N2/c1-3-5-24-54(4-2)77(56-41-37-51(38-42-56)75-64-32-14-12-30-62(64)74(50-22-8-6-9-23-50)63-31-13-15-33-65(63)75)57-43-46-73-67(49-57)66-47-52(40-45-72(66)78(73)55-25-10-7-11-26-55)53-39-44-61-60-29-18-21-36-70(60)76(71(61)48-53)68-34-19-16-27-58(68)59-28-17-20-35-69(59)76/h3-49H,1H2,2H3/b24-5-,54-4+. The highest BCUT2D eigenvalue weighted by atomic mass is 15.1. The lowest BCUT2D eigenvalue weighted by molar-refractivity contribution is 0.794. The van der Waals surface area contributed by atoms with Crippen molar-refractivity contribution in [3.8, 4) is 61.3 Å². The predicted molar refractivity (Wildman–Crippen MR) is 330 cm³/mol. The average Bonchev–Trinajstić information content (AvgIpc) is 4.31. The summed E-state index contributed by atoms with van der Waals surface area (Å²) in [5, 5.41) is 7.34. The Labute approximate surface area is 455 Å². The molecule has 366 valence electrons. The first-order valence-corrected chi connectivity index (χ1v) is 27.1. The minimum atomic E-state index is -0.418. The summed E-state index contributed by atoms with van der Waals surface area (Å²) in [5.74, 6) is 0. The molecule has 0 aliphatic heterocycles. The molecule has 1 aromatic heterocycles. The summed E-state index contributed by atoms with van der Waals surface area (Å²) in [4.78, 5) is 2.38. The molecule has 13 aromatic rings. The second-order valence-electron chi connectivity index (χ2n) is 20.6. The Hall–Kier alpha value is -10.0. The van der Waals surface area contributed by atoms with Crippen LogP contribution in [0, 0.1) is 0 Å². The van der Waals surface area contributed by atoms with Crippen LogP contribution in [0.1, 0.15) is 29.2 Å². The number of hydrogen-bond donors (Lipinski definition) is 0. The molecule has 15 rings (SSSR count). The third-order valence-corrected chi connectivity index (χ3v) is 16.7. The van der Waals surface area contributed by atoms with Gasteiger partial charge in [-0.3, -0.25) is 0 Å². The molecular formula is C76H52N2. The molecule has 0 unspecified atom stereocenters. The van der Waals surface area contributed by atoms with Crippen LogP contribution >= 0.6 is 0 Å². The van der Waals surface area contributed by atoms with E-state index in [1.165, 1.54) is 110 Å². The summed E-state index contributed by atoms with van der Waals surface area (Å²) < 4.78 is 2.42. The van der Waals surface area contributed by atoms with Gasteiger partial charge in [0, 0.05) is 33.5 Å². The molecule has 2 heteroatoms. The largest absolute Gasteiger partial charge is 0.311 e. The second-order valence-corrected chi connectivity index (χ2v) is 20.6. The lowest BCUT2D eigenvalue weighted by Crippen LogP contribution is -2.25. The normalized spacial score (nSPS) is 13.1. The van der Waals surface area contributed by atoms with Crippen LogP contribution in [0.4, 0.5) is 11.4 Å². The molecule has 12 aromatic carbocycles. The molecule has 78 heavy (non-hydrogen) atoms. The summed E-state index contributed by atoms with van der Waals surface area (Å²) in [6.07, 6.45) is 8.21. The van der Waals surface area contributed by atoms with Gasteiger partial charge in [-0.25, -0.2) is 0 Å². The Kier molecular flexibility index (Phi) is 10.5. The van der Waals surface area contributed by atoms with Gasteiger partial charge < -0.3 is 9.47 Å². The van der Waals surface area contributed by atoms with Crippen molar-refractivity contribution < 1.29 is 0 Å². The maximum atomic E-state index is 4.07. The van der Waals surface area contributed by atoms with Gasteiger partial charge in [0.05, 0.1) is 16.4 Å². The van der Waals surface area contributed by atoms with Gasteiger partial charge in [0.1, 0.15) is 0 Å². The van der Waals surface area contributed by atoms with Gasteiger partial charge in [0.15, 0.2) is 0 Å². The average molecular weight is 993 g/mol. The molecule has 2 aliphatic rings. The number of rotatable bonds is 9. The van der Waals surface area contributed by atoms with Crippen LogP contribution in [0.2, 0.25) is 0 Å². The summed E-state index contributed by atoms with van der Waals surface area (Å²) in [7, 11) is 0. The van der Waals surface area contributed by atoms with Crippen LogP contribution in [0.5, 0.6) is 0 Å². The fraction of sp³-hybridized carbons (Fsp3) is 0.0263. The van der Waals surface area contributed by atoms with Crippen molar-refractivity contribution in [3.63, 3.8) is 0 Å². The van der Waals surface area contributed by atoms with E-state index in [0.29, 0.717) is 0 Å². The summed E-state index contributed by atoms with van der Waals surface area (Å²) in [6.45, 7) is 6.18. The minimum Gasteiger partial charge on any atom is -0.311 e. The molecule has 0 atom stereocenters. The van der Waals surface area contributed by atoms with Gasteiger partial charge in [-0.15, -0.1) is 0 Å². The van der Waals surface area contributed by atoms with Crippen molar-refractivity contribution in [2.24, 2.45) is 0 Å². The Morgan fingerprint density at radius 2 is 0.821 bits per heavy atom. The van der Waals surface area contributed by atoms with Crippen LogP contribution in [-0.2, 0) is 5.41 Å². The molecule has 0 radical (unpaired) electrons. The fourth-order valence-electron chi connectivity index (χ4n) is 13.5. The molecule has 2 aliphatic carbocycles. The first kappa shape index (κ1) is 45.4. The Bertz CT molecular complexity index is 4510. The van der Waals surface area contributed by atoms with Crippen LogP contribution in [-0.4, -0.2) is 4.57 Å². The summed E-state index contributed by atoms with van der Waals surface area (Å²) in [6, 6.07) is 97.0. The molecule has 1 heterocycles. The number of benzene rings is 12. The van der Waals surface area contributed by atoms with E-state index < -0.39 is 5.41 Å². The number of para-hydroxylation sites is 1. The van der Waals surface area contributed by atoms with Gasteiger partial charge in [-0.1, -0.05) is 225 Å². The van der Waals surface area contributed by atoms with E-state index in [2.05, 4.69) is 296 Å². The first-order chi connectivity index (χ1) is 38.6. The van der Waals surface area contributed by atoms with Crippen LogP contribution in [0.3, 0.4) is 0 Å². The lowest BCUT2D eigenvalue weighted by atomic mass is 9.70. The number of allylic oxidation sites excluding steroid dienone is 4. The molecule has 1 spiro atoms. The van der Waals surface area contributed by atoms with E-state index in [-0.39, 0.29) is 0 Å². The topological polar surface area (TPSA) is 8.17 Å². The maximum absolute atomic E-state index is 4.07. The van der Waals surface area contributed by atoms with Gasteiger partial charge in [0.2, 0.25) is 0 Å². The van der Waals surface area contributed by atoms with E-state index >= 15 is 0 Å². The van der Waals surface area contributed by atoms with Crippen LogP contribution in [0.15, 0.2) is 297 Å². The zero-order chi connectivity index (χ0) is 51.9.